The third kappa shape index (κ3) is 6.06. The molecule has 0 unspecified atom stereocenters. The van der Waals surface area contributed by atoms with Crippen molar-refractivity contribution in [3.63, 3.8) is 0 Å². The molecule has 6 nitrogen and oxygen atoms in total. The summed E-state index contributed by atoms with van der Waals surface area (Å²) in [5, 5.41) is 1.90. The number of nitrogens with zero attached hydrogens (tertiary/aromatic N) is 2. The Morgan fingerprint density at radius 3 is 2.41 bits per heavy atom. The highest BCUT2D eigenvalue weighted by Gasteiger charge is 2.23. The molecule has 1 aliphatic carbocycles. The normalized spacial score (nSPS) is 11.8. The Bertz CT molecular complexity index is 1550. The highest BCUT2D eigenvalue weighted by Crippen LogP contribution is 2.42. The first kappa shape index (κ1) is 28.1. The van der Waals surface area contributed by atoms with Crippen molar-refractivity contribution >= 4 is 22.8 Å². The van der Waals surface area contributed by atoms with E-state index in [0.29, 0.717) is 25.1 Å². The molecule has 6 heteroatoms. The maximum Gasteiger partial charge on any atom is 0.305 e. The average Bonchev–Trinajstić information content (AvgIpc) is 2.92. The lowest BCUT2D eigenvalue weighted by atomic mass is 9.88. The monoisotopic (exact) mass is 526 g/mol. The fraction of sp³-hybridized carbons (Fsp3) is 0.364. The fourth-order valence-electron chi connectivity index (χ4n) is 5.01. The molecule has 204 valence electrons. The zero-order chi connectivity index (χ0) is 28.1. The third-order valence-electron chi connectivity index (χ3n) is 7.36. The molecule has 0 N–H and O–H groups in total. The second kappa shape index (κ2) is 12.3. The summed E-state index contributed by atoms with van der Waals surface area (Å²) in [6, 6.07) is 16.2. The van der Waals surface area contributed by atoms with Gasteiger partial charge in [-0.25, -0.2) is 0 Å². The topological polar surface area (TPSA) is 72.1 Å². The molecule has 1 amide bonds. The summed E-state index contributed by atoms with van der Waals surface area (Å²) in [5.74, 6) is 0.525. The minimum absolute atomic E-state index is 0.0289. The highest BCUT2D eigenvalue weighted by atomic mass is 16.5. The molecule has 0 aromatic heterocycles. The predicted molar refractivity (Wildman–Crippen MR) is 156 cm³/mol. The van der Waals surface area contributed by atoms with Gasteiger partial charge in [-0.05, 0) is 87.1 Å². The number of amides is 1. The molecule has 0 fully saturated rings. The van der Waals surface area contributed by atoms with Crippen LogP contribution in [-0.2, 0) is 9.53 Å². The Hall–Kier alpha value is -3.93. The van der Waals surface area contributed by atoms with Gasteiger partial charge >= 0.3 is 5.97 Å². The van der Waals surface area contributed by atoms with Crippen molar-refractivity contribution in [3.05, 3.63) is 76.1 Å². The van der Waals surface area contributed by atoms with Crippen LogP contribution in [0.3, 0.4) is 0 Å². The first-order valence-corrected chi connectivity index (χ1v) is 13.7. The van der Waals surface area contributed by atoms with E-state index in [1.54, 1.807) is 4.90 Å². The number of hydrogen-bond donors (Lipinski definition) is 0. The van der Waals surface area contributed by atoms with Crippen LogP contribution in [0, 0.1) is 20.8 Å². The summed E-state index contributed by atoms with van der Waals surface area (Å²) >= 11 is 0. The van der Waals surface area contributed by atoms with Crippen LogP contribution in [0.4, 0.5) is 0 Å². The lowest BCUT2D eigenvalue weighted by Crippen LogP contribution is -2.28. The number of benzene rings is 3. The van der Waals surface area contributed by atoms with Crippen molar-refractivity contribution in [2.75, 3.05) is 27.2 Å². The van der Waals surface area contributed by atoms with E-state index < -0.39 is 0 Å². The zero-order valence-corrected chi connectivity index (χ0v) is 23.9. The smallest absolute Gasteiger partial charge is 0.305 e. The molecule has 0 bridgehead atoms. The Balaban J connectivity index is 1.80. The number of carbonyl (C=O) groups is 2. The number of methoxy groups -OCH3 is 1. The Morgan fingerprint density at radius 2 is 1.67 bits per heavy atom. The first-order chi connectivity index (χ1) is 18.7. The quantitative estimate of drug-likeness (QED) is 0.136. The number of carbonyl (C=O) groups excluding carboxylic acids is 2. The third-order valence-corrected chi connectivity index (χ3v) is 7.36. The second-order valence-corrected chi connectivity index (χ2v) is 10.2. The number of aryl methyl sites for hydroxylation is 3. The van der Waals surface area contributed by atoms with Gasteiger partial charge in [0.2, 0.25) is 0 Å². The van der Waals surface area contributed by atoms with Gasteiger partial charge < -0.3 is 14.1 Å². The number of fused-ring (bicyclic) bond motifs is 2. The van der Waals surface area contributed by atoms with Crippen molar-refractivity contribution in [1.82, 2.24) is 4.90 Å². The van der Waals surface area contributed by atoms with Gasteiger partial charge in [0.1, 0.15) is 11.3 Å². The van der Waals surface area contributed by atoms with Gasteiger partial charge in [-0.15, -0.1) is 0 Å². The molecule has 0 spiro atoms. The number of esters is 1. The molecule has 2 aliphatic rings. The maximum absolute atomic E-state index is 13.8. The summed E-state index contributed by atoms with van der Waals surface area (Å²) in [5.41, 5.74) is 7.67. The van der Waals surface area contributed by atoms with Crippen LogP contribution < -0.4 is 5.36 Å². The van der Waals surface area contributed by atoms with E-state index in [-0.39, 0.29) is 11.9 Å². The molecule has 0 saturated carbocycles. The van der Waals surface area contributed by atoms with Crippen LogP contribution in [-0.4, -0.2) is 44.0 Å². The van der Waals surface area contributed by atoms with Gasteiger partial charge in [0.25, 0.3) is 5.91 Å². The van der Waals surface area contributed by atoms with Crippen LogP contribution in [0.2, 0.25) is 0 Å². The van der Waals surface area contributed by atoms with Crippen LogP contribution >= 0.6 is 0 Å². The minimum Gasteiger partial charge on any atom is -0.469 e. The molecule has 2 aromatic rings. The molecule has 0 saturated heterocycles. The molecule has 1 heterocycles. The summed E-state index contributed by atoms with van der Waals surface area (Å²) in [4.78, 5) is 31.6. The summed E-state index contributed by atoms with van der Waals surface area (Å²) in [7, 11) is 3.24. The van der Waals surface area contributed by atoms with Gasteiger partial charge in [0, 0.05) is 54.7 Å². The molecule has 0 radical (unpaired) electrons. The maximum atomic E-state index is 13.8. The number of ether oxygens (including phenoxy) is 1. The summed E-state index contributed by atoms with van der Waals surface area (Å²) < 4.78 is 11.2. The summed E-state index contributed by atoms with van der Waals surface area (Å²) in [6.45, 7) is 9.57. The lowest BCUT2D eigenvalue weighted by molar-refractivity contribution is -0.140. The fourth-order valence-corrected chi connectivity index (χ4v) is 5.01. The molecule has 1 aliphatic heterocycles. The Kier molecular flexibility index (Phi) is 8.85. The number of hydrogen-bond acceptors (Lipinski definition) is 5. The van der Waals surface area contributed by atoms with Crippen LogP contribution in [0.1, 0.15) is 59.7 Å². The molecule has 4 rings (SSSR count). The van der Waals surface area contributed by atoms with Crippen molar-refractivity contribution in [1.29, 1.82) is 0 Å². The van der Waals surface area contributed by atoms with E-state index in [1.807, 2.05) is 44.3 Å². The van der Waals surface area contributed by atoms with Gasteiger partial charge in [-0.2, -0.15) is 0 Å². The van der Waals surface area contributed by atoms with Gasteiger partial charge in [0.05, 0.1) is 12.5 Å². The van der Waals surface area contributed by atoms with Gasteiger partial charge in [-0.3, -0.25) is 14.6 Å². The van der Waals surface area contributed by atoms with Crippen molar-refractivity contribution in [2.24, 2.45) is 4.99 Å². The Labute approximate surface area is 230 Å². The van der Waals surface area contributed by atoms with Crippen LogP contribution in [0.15, 0.2) is 57.9 Å². The van der Waals surface area contributed by atoms with E-state index >= 15 is 0 Å². The van der Waals surface area contributed by atoms with Crippen LogP contribution in [0.5, 0.6) is 0 Å². The summed E-state index contributed by atoms with van der Waals surface area (Å²) in [6.07, 6.45) is 2.83. The van der Waals surface area contributed by atoms with E-state index in [2.05, 4.69) is 44.0 Å². The van der Waals surface area contributed by atoms with E-state index in [1.165, 1.54) is 12.7 Å². The highest BCUT2D eigenvalue weighted by molar-refractivity contribution is 6.09. The van der Waals surface area contributed by atoms with E-state index in [9.17, 15) is 9.59 Å². The van der Waals surface area contributed by atoms with Gasteiger partial charge in [0.15, 0.2) is 0 Å². The number of unbranched alkanes of at least 4 members (excludes halogenated alkanes) is 2. The largest absolute Gasteiger partial charge is 0.469 e. The molecular formula is C33H38N2O4. The molecule has 39 heavy (non-hydrogen) atoms. The molecule has 2 aromatic carbocycles. The minimum atomic E-state index is -0.196. The lowest BCUT2D eigenvalue weighted by Gasteiger charge is -2.22. The second-order valence-electron chi connectivity index (χ2n) is 10.2. The van der Waals surface area contributed by atoms with Gasteiger partial charge in [-0.1, -0.05) is 24.6 Å². The van der Waals surface area contributed by atoms with Crippen molar-refractivity contribution < 1.29 is 18.7 Å². The Morgan fingerprint density at radius 1 is 0.923 bits per heavy atom. The zero-order valence-electron chi connectivity index (χ0n) is 23.9. The number of rotatable bonds is 9. The molecular weight excluding hydrogens is 488 g/mol. The van der Waals surface area contributed by atoms with Crippen LogP contribution in [0.25, 0.3) is 33.4 Å². The van der Waals surface area contributed by atoms with E-state index in [4.69, 9.17) is 9.15 Å². The van der Waals surface area contributed by atoms with Crippen molar-refractivity contribution in [2.45, 2.75) is 53.4 Å². The standard InChI is InChI=1S/C33H38N2O4/c1-7-34-28-20-30-27(18-23(28)4)32(26-17-21(2)22(3)19-29(26)39-30)24-13-10-11-14-25(24)33(37)35(5)16-12-8-9-15-31(36)38-6/h10-11,13-14,17-20H,7-9,12,15-16H2,1-6H3. The molecule has 0 atom stereocenters. The first-order valence-electron chi connectivity index (χ1n) is 13.7. The van der Waals surface area contributed by atoms with Crippen molar-refractivity contribution in [3.8, 4) is 22.5 Å². The predicted octanol–water partition coefficient (Wildman–Crippen LogP) is 6.86. The SMILES string of the molecule is CCN=c1cc2oc3cc(C)c(C)cc3c(-c3ccccc3C(=O)N(C)CCCCCC(=O)OC)c-2cc1C. The average molecular weight is 527 g/mol. The van der Waals surface area contributed by atoms with E-state index in [0.717, 1.165) is 69.2 Å².